The van der Waals surface area contributed by atoms with Crippen LogP contribution in [0.2, 0.25) is 0 Å². The summed E-state index contributed by atoms with van der Waals surface area (Å²) in [7, 11) is 0. The molecular weight excluding hydrogens is 252 g/mol. The van der Waals surface area contributed by atoms with E-state index in [4.69, 9.17) is 11.0 Å². The Labute approximate surface area is 118 Å². The topological polar surface area (TPSA) is 92.5 Å². The van der Waals surface area contributed by atoms with Gasteiger partial charge >= 0.3 is 0 Å². The minimum absolute atomic E-state index is 0.468. The molecule has 20 heavy (non-hydrogen) atoms. The third-order valence-corrected chi connectivity index (χ3v) is 2.99. The normalized spacial score (nSPS) is 10.2. The lowest BCUT2D eigenvalue weighted by Gasteiger charge is -2.09. The van der Waals surface area contributed by atoms with E-state index in [0.717, 1.165) is 25.2 Å². The summed E-state index contributed by atoms with van der Waals surface area (Å²) in [5, 5.41) is 16.3. The van der Waals surface area contributed by atoms with E-state index in [2.05, 4.69) is 21.5 Å². The van der Waals surface area contributed by atoms with Crippen LogP contribution in [-0.2, 0) is 6.54 Å². The SMILES string of the molecule is Cc1cc(C)n(CCCNc2ncc(C#N)cc2N)n1. The fraction of sp³-hybridized carbons (Fsp3) is 0.357. The first-order valence-electron chi connectivity index (χ1n) is 6.50. The lowest BCUT2D eigenvalue weighted by atomic mass is 10.3. The van der Waals surface area contributed by atoms with E-state index in [9.17, 15) is 0 Å². The first-order valence-corrected chi connectivity index (χ1v) is 6.50. The first kappa shape index (κ1) is 13.9. The van der Waals surface area contributed by atoms with Gasteiger partial charge in [-0.05, 0) is 32.4 Å². The molecule has 2 aromatic rings. The second-order valence-corrected chi connectivity index (χ2v) is 4.70. The van der Waals surface area contributed by atoms with Gasteiger partial charge in [0.05, 0.1) is 16.9 Å². The molecular formula is C14H18N6. The number of nitrogens with two attached hydrogens (primary N) is 1. The lowest BCUT2D eigenvalue weighted by molar-refractivity contribution is 0.573. The van der Waals surface area contributed by atoms with Crippen LogP contribution in [0.1, 0.15) is 23.4 Å². The highest BCUT2D eigenvalue weighted by Crippen LogP contribution is 2.15. The smallest absolute Gasteiger partial charge is 0.149 e. The van der Waals surface area contributed by atoms with Crippen molar-refractivity contribution in [3.63, 3.8) is 0 Å². The molecule has 0 spiro atoms. The highest BCUT2D eigenvalue weighted by molar-refractivity contribution is 5.62. The van der Waals surface area contributed by atoms with Crippen LogP contribution >= 0.6 is 0 Å². The molecule has 0 bridgehead atoms. The molecule has 0 saturated heterocycles. The molecule has 104 valence electrons. The number of rotatable bonds is 5. The average Bonchev–Trinajstić information content (AvgIpc) is 2.74. The molecule has 2 aromatic heterocycles. The number of nitrogens with one attached hydrogen (secondary N) is 1. The molecule has 0 fully saturated rings. The lowest BCUT2D eigenvalue weighted by Crippen LogP contribution is -2.11. The van der Waals surface area contributed by atoms with Gasteiger partial charge in [-0.25, -0.2) is 4.98 Å². The highest BCUT2D eigenvalue weighted by Gasteiger charge is 2.03. The zero-order valence-electron chi connectivity index (χ0n) is 11.7. The summed E-state index contributed by atoms with van der Waals surface area (Å²) >= 11 is 0. The van der Waals surface area contributed by atoms with E-state index < -0.39 is 0 Å². The van der Waals surface area contributed by atoms with Gasteiger partial charge < -0.3 is 11.1 Å². The Kier molecular flexibility index (Phi) is 4.20. The summed E-state index contributed by atoms with van der Waals surface area (Å²) in [6, 6.07) is 5.69. The van der Waals surface area contributed by atoms with Gasteiger partial charge in [-0.1, -0.05) is 0 Å². The van der Waals surface area contributed by atoms with Crippen molar-refractivity contribution in [1.82, 2.24) is 14.8 Å². The van der Waals surface area contributed by atoms with Crippen molar-refractivity contribution in [1.29, 1.82) is 5.26 Å². The Morgan fingerprint density at radius 1 is 1.40 bits per heavy atom. The molecule has 6 heteroatoms. The largest absolute Gasteiger partial charge is 0.396 e. The van der Waals surface area contributed by atoms with Gasteiger partial charge in [0, 0.05) is 25.0 Å². The van der Waals surface area contributed by atoms with Crippen LogP contribution in [0.3, 0.4) is 0 Å². The number of hydrogen-bond acceptors (Lipinski definition) is 5. The predicted octanol–water partition coefficient (Wildman–Crippen LogP) is 1.85. The van der Waals surface area contributed by atoms with Gasteiger partial charge in [-0.3, -0.25) is 4.68 Å². The molecule has 0 aliphatic heterocycles. The Hall–Kier alpha value is -2.55. The van der Waals surface area contributed by atoms with Crippen molar-refractivity contribution in [3.05, 3.63) is 35.3 Å². The molecule has 0 radical (unpaired) electrons. The predicted molar refractivity (Wildman–Crippen MR) is 78.2 cm³/mol. The van der Waals surface area contributed by atoms with Crippen molar-refractivity contribution in [2.75, 3.05) is 17.6 Å². The van der Waals surface area contributed by atoms with Gasteiger partial charge in [-0.15, -0.1) is 0 Å². The Morgan fingerprint density at radius 3 is 2.80 bits per heavy atom. The number of aromatic nitrogens is 3. The van der Waals surface area contributed by atoms with Crippen LogP contribution in [0.25, 0.3) is 0 Å². The molecule has 2 heterocycles. The maximum atomic E-state index is 8.75. The van der Waals surface area contributed by atoms with Crippen LogP contribution in [0.15, 0.2) is 18.3 Å². The molecule has 0 aliphatic rings. The summed E-state index contributed by atoms with van der Waals surface area (Å²) in [5.74, 6) is 0.623. The maximum absolute atomic E-state index is 8.75. The van der Waals surface area contributed by atoms with E-state index in [1.165, 1.54) is 11.9 Å². The van der Waals surface area contributed by atoms with Crippen molar-refractivity contribution < 1.29 is 0 Å². The van der Waals surface area contributed by atoms with Gasteiger partial charge in [0.15, 0.2) is 0 Å². The molecule has 0 saturated carbocycles. The standard InChI is InChI=1S/C14H18N6/c1-10-6-11(2)20(19-10)5-3-4-17-14-13(16)7-12(8-15)9-18-14/h6-7,9H,3-5,16H2,1-2H3,(H,17,18). The van der Waals surface area contributed by atoms with Gasteiger partial charge in [-0.2, -0.15) is 10.4 Å². The summed E-state index contributed by atoms with van der Waals surface area (Å²) in [6.07, 6.45) is 2.43. The number of nitrogens with zero attached hydrogens (tertiary/aromatic N) is 4. The molecule has 6 nitrogen and oxygen atoms in total. The van der Waals surface area contributed by atoms with Gasteiger partial charge in [0.1, 0.15) is 11.9 Å². The highest BCUT2D eigenvalue weighted by atomic mass is 15.3. The summed E-state index contributed by atoms with van der Waals surface area (Å²) < 4.78 is 1.99. The third-order valence-electron chi connectivity index (χ3n) is 2.99. The Balaban J connectivity index is 1.85. The molecule has 0 amide bonds. The van der Waals surface area contributed by atoms with Gasteiger partial charge in [0.2, 0.25) is 0 Å². The second kappa shape index (κ2) is 6.06. The quantitative estimate of drug-likeness (QED) is 0.809. The minimum Gasteiger partial charge on any atom is -0.396 e. The molecule has 0 aliphatic carbocycles. The number of anilines is 2. The monoisotopic (exact) mass is 270 g/mol. The molecule has 0 aromatic carbocycles. The molecule has 0 atom stereocenters. The number of aryl methyl sites for hydroxylation is 3. The van der Waals surface area contributed by atoms with Gasteiger partial charge in [0.25, 0.3) is 0 Å². The fourth-order valence-electron chi connectivity index (χ4n) is 2.03. The van der Waals surface area contributed by atoms with Crippen molar-refractivity contribution in [2.45, 2.75) is 26.8 Å². The minimum atomic E-state index is 0.468. The van der Waals surface area contributed by atoms with E-state index >= 15 is 0 Å². The zero-order chi connectivity index (χ0) is 14.5. The summed E-state index contributed by atoms with van der Waals surface area (Å²) in [5.41, 5.74) is 8.99. The average molecular weight is 270 g/mol. The van der Waals surface area contributed by atoms with Crippen LogP contribution in [0, 0.1) is 25.2 Å². The number of hydrogen-bond donors (Lipinski definition) is 2. The third kappa shape index (κ3) is 3.26. The summed E-state index contributed by atoms with van der Waals surface area (Å²) in [6.45, 7) is 5.64. The first-order chi connectivity index (χ1) is 9.60. The van der Waals surface area contributed by atoms with Crippen LogP contribution in [0.5, 0.6) is 0 Å². The van der Waals surface area contributed by atoms with Crippen LogP contribution in [-0.4, -0.2) is 21.3 Å². The van der Waals surface area contributed by atoms with Crippen molar-refractivity contribution >= 4 is 11.5 Å². The van der Waals surface area contributed by atoms with E-state index in [1.807, 2.05) is 24.6 Å². The van der Waals surface area contributed by atoms with E-state index in [0.29, 0.717) is 17.1 Å². The Morgan fingerprint density at radius 2 is 2.20 bits per heavy atom. The molecule has 2 rings (SSSR count). The van der Waals surface area contributed by atoms with Crippen molar-refractivity contribution in [2.24, 2.45) is 0 Å². The fourth-order valence-corrected chi connectivity index (χ4v) is 2.03. The number of nitrogen functional groups attached to an aromatic ring is 1. The van der Waals surface area contributed by atoms with E-state index in [-0.39, 0.29) is 0 Å². The number of nitriles is 1. The number of pyridine rings is 1. The Bertz CT molecular complexity index is 638. The molecule has 3 N–H and O–H groups in total. The second-order valence-electron chi connectivity index (χ2n) is 4.70. The van der Waals surface area contributed by atoms with Crippen molar-refractivity contribution in [3.8, 4) is 6.07 Å². The van der Waals surface area contributed by atoms with E-state index in [1.54, 1.807) is 6.07 Å². The maximum Gasteiger partial charge on any atom is 0.149 e. The molecule has 0 unspecified atom stereocenters. The zero-order valence-corrected chi connectivity index (χ0v) is 11.7. The summed E-state index contributed by atoms with van der Waals surface area (Å²) in [4.78, 5) is 4.13. The van der Waals surface area contributed by atoms with Crippen LogP contribution < -0.4 is 11.1 Å². The van der Waals surface area contributed by atoms with Crippen LogP contribution in [0.4, 0.5) is 11.5 Å².